The molecule has 0 saturated heterocycles. The van der Waals surface area contributed by atoms with Gasteiger partial charge < -0.3 is 9.47 Å². The summed E-state index contributed by atoms with van der Waals surface area (Å²) in [6.45, 7) is 1.14. The van der Waals surface area contributed by atoms with Crippen LogP contribution in [0.5, 0.6) is 0 Å². The number of halogens is 2. The van der Waals surface area contributed by atoms with Crippen LogP contribution in [-0.2, 0) is 22.3 Å². The molecule has 4 rings (SSSR count). The predicted molar refractivity (Wildman–Crippen MR) is 112 cm³/mol. The lowest BCUT2D eigenvalue weighted by Gasteiger charge is -2.20. The highest BCUT2D eigenvalue weighted by molar-refractivity contribution is 5.88. The first-order valence-corrected chi connectivity index (χ1v) is 10.7. The van der Waals surface area contributed by atoms with Crippen LogP contribution in [0.15, 0.2) is 30.5 Å². The van der Waals surface area contributed by atoms with Crippen molar-refractivity contribution in [1.82, 2.24) is 9.97 Å². The van der Waals surface area contributed by atoms with Gasteiger partial charge in [-0.3, -0.25) is 4.98 Å². The second kappa shape index (κ2) is 9.64. The number of methoxy groups -OCH3 is 1. The van der Waals surface area contributed by atoms with Crippen LogP contribution in [0.2, 0.25) is 0 Å². The van der Waals surface area contributed by atoms with Crippen LogP contribution in [-0.4, -0.2) is 42.7 Å². The number of carbonyl (C=O) groups is 1. The average Bonchev–Trinajstić information content (AvgIpc) is 3.64. The molecule has 1 aliphatic heterocycles. The number of nitrogens with zero attached hydrogens (tertiary/aromatic N) is 2. The molecule has 0 N–H and O–H groups in total. The Morgan fingerprint density at radius 3 is 2.84 bits per heavy atom. The Labute approximate surface area is 180 Å². The van der Waals surface area contributed by atoms with E-state index in [0.717, 1.165) is 47.2 Å². The van der Waals surface area contributed by atoms with Crippen molar-refractivity contribution in [2.75, 3.05) is 20.3 Å². The molecule has 0 spiro atoms. The maximum absolute atomic E-state index is 13.1. The van der Waals surface area contributed by atoms with Crippen LogP contribution in [0.4, 0.5) is 8.78 Å². The van der Waals surface area contributed by atoms with E-state index in [1.807, 2.05) is 24.3 Å². The Kier molecular flexibility index (Phi) is 6.70. The normalized spacial score (nSPS) is 16.3. The van der Waals surface area contributed by atoms with Gasteiger partial charge in [-0.15, -0.1) is 0 Å². The van der Waals surface area contributed by atoms with Crippen molar-refractivity contribution in [2.24, 2.45) is 0 Å². The Morgan fingerprint density at radius 2 is 2.16 bits per heavy atom. The maximum Gasteiger partial charge on any atom is 0.358 e. The molecule has 0 radical (unpaired) electrons. The number of ether oxygens (including phenoxy) is 2. The molecule has 7 heteroatoms. The fourth-order valence-electron chi connectivity index (χ4n) is 3.99. The topological polar surface area (TPSA) is 61.3 Å². The molecule has 1 saturated carbocycles. The van der Waals surface area contributed by atoms with Gasteiger partial charge in [-0.2, -0.15) is 0 Å². The number of hydrogen-bond donors (Lipinski definition) is 0. The summed E-state index contributed by atoms with van der Waals surface area (Å²) < 4.78 is 36.5. The van der Waals surface area contributed by atoms with E-state index in [0.29, 0.717) is 31.2 Å². The molecule has 0 amide bonds. The van der Waals surface area contributed by atoms with E-state index in [2.05, 4.69) is 9.97 Å². The largest absolute Gasteiger partial charge is 0.464 e. The molecule has 1 aromatic carbocycles. The first-order valence-electron chi connectivity index (χ1n) is 10.7. The first kappa shape index (κ1) is 21.6. The van der Waals surface area contributed by atoms with E-state index in [9.17, 15) is 13.6 Å². The number of alkyl halides is 2. The minimum absolute atomic E-state index is 0.211. The van der Waals surface area contributed by atoms with Crippen molar-refractivity contribution in [1.29, 1.82) is 0 Å². The third-order valence-electron chi connectivity index (χ3n) is 5.79. The molecule has 0 bridgehead atoms. The van der Waals surface area contributed by atoms with Crippen molar-refractivity contribution in [3.63, 3.8) is 0 Å². The van der Waals surface area contributed by atoms with Crippen molar-refractivity contribution >= 4 is 11.5 Å². The lowest BCUT2D eigenvalue weighted by Crippen LogP contribution is -2.14. The number of aromatic nitrogens is 2. The molecular weight excluding hydrogens is 402 g/mol. The number of benzene rings is 1. The SMILES string of the molecule is COC(=O)c1nc(C2CC2)cnc1Cc1cccc(C2=CCOCC2)c1CCC(F)F. The van der Waals surface area contributed by atoms with Gasteiger partial charge in [-0.25, -0.2) is 18.6 Å². The van der Waals surface area contributed by atoms with Gasteiger partial charge in [0.05, 0.1) is 31.7 Å². The third kappa shape index (κ3) is 5.15. The van der Waals surface area contributed by atoms with E-state index < -0.39 is 12.4 Å². The number of esters is 1. The van der Waals surface area contributed by atoms with Crippen LogP contribution in [0.1, 0.15) is 70.2 Å². The minimum Gasteiger partial charge on any atom is -0.464 e. The summed E-state index contributed by atoms with van der Waals surface area (Å²) in [5.41, 5.74) is 5.37. The zero-order valence-corrected chi connectivity index (χ0v) is 17.6. The molecule has 2 heterocycles. The van der Waals surface area contributed by atoms with Crippen molar-refractivity contribution in [3.8, 4) is 0 Å². The van der Waals surface area contributed by atoms with E-state index >= 15 is 0 Å². The highest BCUT2D eigenvalue weighted by atomic mass is 19.3. The molecule has 164 valence electrons. The van der Waals surface area contributed by atoms with Crippen molar-refractivity contribution in [3.05, 3.63) is 64.2 Å². The molecule has 2 aliphatic rings. The molecule has 2 aromatic rings. The quantitative estimate of drug-likeness (QED) is 0.569. The monoisotopic (exact) mass is 428 g/mol. The summed E-state index contributed by atoms with van der Waals surface area (Å²) in [5.74, 6) is -0.169. The summed E-state index contributed by atoms with van der Waals surface area (Å²) in [6.07, 6.45) is 4.56. The van der Waals surface area contributed by atoms with Crippen molar-refractivity contribution < 1.29 is 23.0 Å². The second-order valence-corrected chi connectivity index (χ2v) is 7.96. The molecule has 0 unspecified atom stereocenters. The lowest BCUT2D eigenvalue weighted by atomic mass is 9.88. The molecule has 5 nitrogen and oxygen atoms in total. The van der Waals surface area contributed by atoms with Crippen LogP contribution >= 0.6 is 0 Å². The number of carbonyl (C=O) groups excluding carboxylic acids is 1. The summed E-state index contributed by atoms with van der Waals surface area (Å²) in [4.78, 5) is 21.5. The third-order valence-corrected chi connectivity index (χ3v) is 5.79. The van der Waals surface area contributed by atoms with E-state index in [-0.39, 0.29) is 18.5 Å². The lowest BCUT2D eigenvalue weighted by molar-refractivity contribution is 0.0591. The number of hydrogen-bond acceptors (Lipinski definition) is 5. The second-order valence-electron chi connectivity index (χ2n) is 7.96. The van der Waals surface area contributed by atoms with Crippen LogP contribution < -0.4 is 0 Å². The molecule has 31 heavy (non-hydrogen) atoms. The van der Waals surface area contributed by atoms with Gasteiger partial charge in [0.1, 0.15) is 0 Å². The molecule has 1 aromatic heterocycles. The smallest absolute Gasteiger partial charge is 0.358 e. The Hall–Kier alpha value is -2.67. The van der Waals surface area contributed by atoms with Gasteiger partial charge in [0.2, 0.25) is 6.43 Å². The predicted octanol–water partition coefficient (Wildman–Crippen LogP) is 4.73. The summed E-state index contributed by atoms with van der Waals surface area (Å²) in [6, 6.07) is 5.82. The average molecular weight is 428 g/mol. The maximum atomic E-state index is 13.1. The molecule has 0 atom stereocenters. The van der Waals surface area contributed by atoms with Crippen LogP contribution in [0.3, 0.4) is 0 Å². The van der Waals surface area contributed by atoms with Gasteiger partial charge in [0, 0.05) is 25.0 Å². The summed E-state index contributed by atoms with van der Waals surface area (Å²) in [5, 5.41) is 0. The molecular formula is C24H26F2N2O3. The number of rotatable bonds is 8. The van der Waals surface area contributed by atoms with Gasteiger partial charge in [0.25, 0.3) is 0 Å². The summed E-state index contributed by atoms with van der Waals surface area (Å²) >= 11 is 0. The Morgan fingerprint density at radius 1 is 1.32 bits per heavy atom. The fourth-order valence-corrected chi connectivity index (χ4v) is 3.99. The Bertz CT molecular complexity index is 987. The highest BCUT2D eigenvalue weighted by Gasteiger charge is 2.28. The molecule has 1 aliphatic carbocycles. The zero-order chi connectivity index (χ0) is 21.8. The van der Waals surface area contributed by atoms with E-state index in [4.69, 9.17) is 9.47 Å². The van der Waals surface area contributed by atoms with Gasteiger partial charge in [-0.05, 0) is 47.9 Å². The first-order chi connectivity index (χ1) is 15.1. The molecule has 1 fully saturated rings. The summed E-state index contributed by atoms with van der Waals surface area (Å²) in [7, 11) is 1.32. The Balaban J connectivity index is 1.72. The van der Waals surface area contributed by atoms with Crippen molar-refractivity contribution in [2.45, 2.75) is 50.9 Å². The van der Waals surface area contributed by atoms with Crippen LogP contribution in [0.25, 0.3) is 5.57 Å². The van der Waals surface area contributed by atoms with Gasteiger partial charge in [0.15, 0.2) is 5.69 Å². The minimum atomic E-state index is -2.38. The zero-order valence-electron chi connectivity index (χ0n) is 17.6. The van der Waals surface area contributed by atoms with Gasteiger partial charge in [-0.1, -0.05) is 24.3 Å². The van der Waals surface area contributed by atoms with E-state index in [1.54, 1.807) is 6.20 Å². The standard InChI is InChI=1S/C24H26F2N2O3/c1-30-24(29)23-20(27-14-21(28-23)16-5-6-16)13-17-3-2-4-18(15-9-11-31-12-10-15)19(17)7-8-22(25)26/h2-4,9,14,16,22H,5-8,10-13H2,1H3. The van der Waals surface area contributed by atoms with Gasteiger partial charge >= 0.3 is 5.97 Å². The highest BCUT2D eigenvalue weighted by Crippen LogP contribution is 2.39. The van der Waals surface area contributed by atoms with E-state index in [1.165, 1.54) is 7.11 Å². The fraction of sp³-hybridized carbons (Fsp3) is 0.458. The van der Waals surface area contributed by atoms with Crippen LogP contribution in [0, 0.1) is 0 Å².